The van der Waals surface area contributed by atoms with Gasteiger partial charge in [0.15, 0.2) is 5.54 Å². The summed E-state index contributed by atoms with van der Waals surface area (Å²) in [4.78, 5) is 12.2. The molecular weight excluding hydrogens is 230 g/mol. The Labute approximate surface area is 107 Å². The first-order valence-corrected chi connectivity index (χ1v) is 6.07. The molecule has 1 atom stereocenters. The summed E-state index contributed by atoms with van der Waals surface area (Å²) in [6.45, 7) is 5.17. The number of hydrogen-bond acceptors (Lipinski definition) is 4. The van der Waals surface area contributed by atoms with Crippen LogP contribution in [0.15, 0.2) is 24.3 Å². The monoisotopic (exact) mass is 249 g/mol. The van der Waals surface area contributed by atoms with Crippen LogP contribution in [0, 0.1) is 0 Å². The predicted molar refractivity (Wildman–Crippen MR) is 69.4 cm³/mol. The minimum absolute atomic E-state index is 0.281. The third kappa shape index (κ3) is 2.34. The van der Waals surface area contributed by atoms with Gasteiger partial charge in [0.1, 0.15) is 5.60 Å². The van der Waals surface area contributed by atoms with Crippen molar-refractivity contribution < 1.29 is 14.6 Å². The summed E-state index contributed by atoms with van der Waals surface area (Å²) in [5.41, 5.74) is 0.307. The molecule has 0 bridgehead atoms. The van der Waals surface area contributed by atoms with E-state index in [1.807, 2.05) is 45.0 Å². The highest BCUT2D eigenvalue weighted by molar-refractivity contribution is 5.88. The van der Waals surface area contributed by atoms with Gasteiger partial charge in [-0.25, -0.2) is 4.79 Å². The molecule has 1 aromatic carbocycles. The molecule has 1 aliphatic heterocycles. The molecule has 0 saturated heterocycles. The number of nitrogens with one attached hydrogen (secondary N) is 1. The molecular formula is C14H19NO3. The number of ether oxygens (including phenoxy) is 1. The number of carbonyl (C=O) groups excluding carboxylic acids is 1. The Bertz CT molecular complexity index is 437. The van der Waals surface area contributed by atoms with E-state index in [1.54, 1.807) is 0 Å². The first-order valence-electron chi connectivity index (χ1n) is 6.07. The number of hydrogen-bond donors (Lipinski definition) is 2. The minimum Gasteiger partial charge on any atom is -0.458 e. The Morgan fingerprint density at radius 2 is 2.11 bits per heavy atom. The molecule has 2 rings (SSSR count). The van der Waals surface area contributed by atoms with Crippen LogP contribution in [-0.4, -0.2) is 28.8 Å². The fourth-order valence-corrected chi connectivity index (χ4v) is 2.08. The van der Waals surface area contributed by atoms with E-state index in [4.69, 9.17) is 4.74 Å². The molecule has 1 aliphatic rings. The predicted octanol–water partition coefficient (Wildman–Crippen LogP) is 1.73. The van der Waals surface area contributed by atoms with Crippen molar-refractivity contribution in [3.63, 3.8) is 0 Å². The number of benzene rings is 1. The highest BCUT2D eigenvalue weighted by Gasteiger charge is 2.45. The SMILES string of the molecule is CC(C)(C)OC(=O)C1(CO)Cc2ccccc2N1. The Morgan fingerprint density at radius 1 is 1.44 bits per heavy atom. The summed E-state index contributed by atoms with van der Waals surface area (Å²) in [6, 6.07) is 7.67. The quantitative estimate of drug-likeness (QED) is 0.784. The second-order valence-electron chi connectivity index (χ2n) is 5.70. The van der Waals surface area contributed by atoms with Crippen LogP contribution in [0.2, 0.25) is 0 Å². The van der Waals surface area contributed by atoms with Crippen LogP contribution in [0.1, 0.15) is 26.3 Å². The van der Waals surface area contributed by atoms with E-state index in [2.05, 4.69) is 5.32 Å². The topological polar surface area (TPSA) is 58.6 Å². The first kappa shape index (κ1) is 12.9. The summed E-state index contributed by atoms with van der Waals surface area (Å²) in [7, 11) is 0. The number of rotatable bonds is 2. The zero-order valence-electron chi connectivity index (χ0n) is 11.0. The summed E-state index contributed by atoms with van der Waals surface area (Å²) >= 11 is 0. The molecule has 4 heteroatoms. The summed E-state index contributed by atoms with van der Waals surface area (Å²) < 4.78 is 5.39. The van der Waals surface area contributed by atoms with Gasteiger partial charge in [-0.05, 0) is 32.4 Å². The van der Waals surface area contributed by atoms with Gasteiger partial charge in [0.2, 0.25) is 0 Å². The average molecular weight is 249 g/mol. The number of para-hydroxylation sites is 1. The summed E-state index contributed by atoms with van der Waals surface area (Å²) in [5.74, 6) is -0.409. The van der Waals surface area contributed by atoms with Gasteiger partial charge in [-0.15, -0.1) is 0 Å². The lowest BCUT2D eigenvalue weighted by Gasteiger charge is -2.30. The Balaban J connectivity index is 2.23. The highest BCUT2D eigenvalue weighted by atomic mass is 16.6. The molecule has 0 aromatic heterocycles. The second-order valence-corrected chi connectivity index (χ2v) is 5.70. The van der Waals surface area contributed by atoms with Crippen LogP contribution in [-0.2, 0) is 16.0 Å². The van der Waals surface area contributed by atoms with Crippen molar-refractivity contribution in [2.75, 3.05) is 11.9 Å². The van der Waals surface area contributed by atoms with Crippen LogP contribution in [0.3, 0.4) is 0 Å². The van der Waals surface area contributed by atoms with Crippen LogP contribution in [0.5, 0.6) is 0 Å². The zero-order valence-corrected chi connectivity index (χ0v) is 11.0. The molecule has 4 nitrogen and oxygen atoms in total. The van der Waals surface area contributed by atoms with Gasteiger partial charge in [0, 0.05) is 12.1 Å². The molecule has 0 amide bonds. The van der Waals surface area contributed by atoms with E-state index >= 15 is 0 Å². The van der Waals surface area contributed by atoms with E-state index < -0.39 is 17.1 Å². The highest BCUT2D eigenvalue weighted by Crippen LogP contribution is 2.33. The van der Waals surface area contributed by atoms with Crippen molar-refractivity contribution in [1.29, 1.82) is 0 Å². The number of esters is 1. The number of anilines is 1. The van der Waals surface area contributed by atoms with Crippen LogP contribution in [0.25, 0.3) is 0 Å². The number of carbonyl (C=O) groups is 1. The molecule has 0 fully saturated rings. The molecule has 18 heavy (non-hydrogen) atoms. The Hall–Kier alpha value is -1.55. The van der Waals surface area contributed by atoms with Crippen LogP contribution in [0.4, 0.5) is 5.69 Å². The second kappa shape index (κ2) is 4.28. The fraction of sp³-hybridized carbons (Fsp3) is 0.500. The normalized spacial score (nSPS) is 22.2. The molecule has 98 valence electrons. The van der Waals surface area contributed by atoms with Gasteiger partial charge in [-0.3, -0.25) is 0 Å². The average Bonchev–Trinajstić information content (AvgIpc) is 2.66. The van der Waals surface area contributed by atoms with Gasteiger partial charge in [-0.2, -0.15) is 0 Å². The van der Waals surface area contributed by atoms with E-state index in [-0.39, 0.29) is 6.61 Å². The number of aliphatic hydroxyl groups is 1. The van der Waals surface area contributed by atoms with Gasteiger partial charge in [0.25, 0.3) is 0 Å². The van der Waals surface area contributed by atoms with E-state index in [0.29, 0.717) is 6.42 Å². The third-order valence-corrected chi connectivity index (χ3v) is 2.94. The zero-order chi connectivity index (χ0) is 13.4. The van der Waals surface area contributed by atoms with Crippen molar-refractivity contribution in [2.24, 2.45) is 0 Å². The van der Waals surface area contributed by atoms with Crippen molar-refractivity contribution in [2.45, 2.75) is 38.3 Å². The molecule has 1 heterocycles. The first-order chi connectivity index (χ1) is 8.36. The standard InChI is InChI=1S/C14H19NO3/c1-13(2,3)18-12(17)14(9-16)8-10-6-4-5-7-11(10)15-14/h4-7,15-16H,8-9H2,1-3H3. The maximum absolute atomic E-state index is 12.2. The number of fused-ring (bicyclic) bond motifs is 1. The third-order valence-electron chi connectivity index (χ3n) is 2.94. The van der Waals surface area contributed by atoms with Crippen molar-refractivity contribution in [3.8, 4) is 0 Å². The smallest absolute Gasteiger partial charge is 0.335 e. The molecule has 0 saturated carbocycles. The molecule has 2 N–H and O–H groups in total. The maximum Gasteiger partial charge on any atom is 0.335 e. The summed E-state index contributed by atoms with van der Waals surface area (Å²) in [5, 5.41) is 12.7. The molecule has 0 radical (unpaired) electrons. The van der Waals surface area contributed by atoms with E-state index in [0.717, 1.165) is 11.3 Å². The van der Waals surface area contributed by atoms with Crippen molar-refractivity contribution in [3.05, 3.63) is 29.8 Å². The van der Waals surface area contributed by atoms with Crippen molar-refractivity contribution in [1.82, 2.24) is 0 Å². The molecule has 1 unspecified atom stereocenters. The van der Waals surface area contributed by atoms with Crippen molar-refractivity contribution >= 4 is 11.7 Å². The fourth-order valence-electron chi connectivity index (χ4n) is 2.08. The van der Waals surface area contributed by atoms with E-state index in [9.17, 15) is 9.90 Å². The van der Waals surface area contributed by atoms with Gasteiger partial charge < -0.3 is 15.2 Å². The van der Waals surface area contributed by atoms with Crippen LogP contribution >= 0.6 is 0 Å². The lowest BCUT2D eigenvalue weighted by Crippen LogP contribution is -2.51. The van der Waals surface area contributed by atoms with Gasteiger partial charge >= 0.3 is 5.97 Å². The number of aliphatic hydroxyl groups excluding tert-OH is 1. The van der Waals surface area contributed by atoms with E-state index in [1.165, 1.54) is 0 Å². The Morgan fingerprint density at radius 3 is 2.67 bits per heavy atom. The van der Waals surface area contributed by atoms with Gasteiger partial charge in [0.05, 0.1) is 6.61 Å². The maximum atomic E-state index is 12.2. The van der Waals surface area contributed by atoms with Gasteiger partial charge in [-0.1, -0.05) is 18.2 Å². The Kier molecular flexibility index (Phi) is 3.07. The molecule has 0 aliphatic carbocycles. The molecule has 0 spiro atoms. The lowest BCUT2D eigenvalue weighted by molar-refractivity contribution is -0.161. The minimum atomic E-state index is -1.04. The lowest BCUT2D eigenvalue weighted by atomic mass is 9.96. The van der Waals surface area contributed by atoms with Crippen LogP contribution < -0.4 is 5.32 Å². The summed E-state index contributed by atoms with van der Waals surface area (Å²) in [6.07, 6.45) is 0.453. The molecule has 1 aromatic rings. The largest absolute Gasteiger partial charge is 0.458 e.